The SMILES string of the molecule is CCOC(=O)c1c(C)[nH]c(C)c1S(=O)(=O)N(C)CC(=O)Nc1cccc(SC)c1. The number of carbonyl (C=O) groups is 2. The molecule has 0 radical (unpaired) electrons. The monoisotopic (exact) mass is 439 g/mol. The molecular formula is C19H25N3O5S2. The first kappa shape index (κ1) is 23.0. The van der Waals surface area contributed by atoms with Crippen LogP contribution in [-0.2, 0) is 19.6 Å². The van der Waals surface area contributed by atoms with E-state index in [0.717, 1.165) is 9.20 Å². The molecule has 0 saturated heterocycles. The highest BCUT2D eigenvalue weighted by Gasteiger charge is 2.33. The van der Waals surface area contributed by atoms with Gasteiger partial charge in [0.2, 0.25) is 15.9 Å². The summed E-state index contributed by atoms with van der Waals surface area (Å²) in [5.41, 5.74) is 1.24. The van der Waals surface area contributed by atoms with Gasteiger partial charge in [0.05, 0.1) is 13.2 Å². The fourth-order valence-corrected chi connectivity index (χ4v) is 4.86. The zero-order valence-corrected chi connectivity index (χ0v) is 18.7. The third kappa shape index (κ3) is 5.20. The topological polar surface area (TPSA) is 109 Å². The fraction of sp³-hybridized carbons (Fsp3) is 0.368. The maximum absolute atomic E-state index is 13.1. The first-order valence-corrected chi connectivity index (χ1v) is 11.5. The largest absolute Gasteiger partial charge is 0.462 e. The molecule has 0 aliphatic carbocycles. The minimum Gasteiger partial charge on any atom is -0.462 e. The Labute approximate surface area is 175 Å². The molecule has 1 amide bonds. The van der Waals surface area contributed by atoms with Crippen LogP contribution in [0.5, 0.6) is 0 Å². The summed E-state index contributed by atoms with van der Waals surface area (Å²) in [6.45, 7) is 4.52. The highest BCUT2D eigenvalue weighted by molar-refractivity contribution is 7.98. The summed E-state index contributed by atoms with van der Waals surface area (Å²) in [5.74, 6) is -1.21. The normalized spacial score (nSPS) is 11.5. The molecule has 0 atom stereocenters. The van der Waals surface area contributed by atoms with E-state index in [-0.39, 0.29) is 17.1 Å². The summed E-state index contributed by atoms with van der Waals surface area (Å²) < 4.78 is 32.1. The van der Waals surface area contributed by atoms with E-state index in [9.17, 15) is 18.0 Å². The summed E-state index contributed by atoms with van der Waals surface area (Å²) in [5, 5.41) is 2.69. The summed E-state index contributed by atoms with van der Waals surface area (Å²) in [6.07, 6.45) is 1.92. The van der Waals surface area contributed by atoms with Gasteiger partial charge in [0.15, 0.2) is 0 Å². The number of aromatic amines is 1. The average molecular weight is 440 g/mol. The first-order valence-electron chi connectivity index (χ1n) is 8.88. The molecule has 0 bridgehead atoms. The number of nitrogens with zero attached hydrogens (tertiary/aromatic N) is 1. The van der Waals surface area contributed by atoms with Crippen LogP contribution in [0.2, 0.25) is 0 Å². The molecule has 0 saturated carbocycles. The number of hydrogen-bond acceptors (Lipinski definition) is 6. The van der Waals surface area contributed by atoms with E-state index >= 15 is 0 Å². The van der Waals surface area contributed by atoms with Crippen molar-refractivity contribution in [1.29, 1.82) is 0 Å². The van der Waals surface area contributed by atoms with Crippen LogP contribution in [0.25, 0.3) is 0 Å². The minimum absolute atomic E-state index is 0.0377. The third-order valence-electron chi connectivity index (χ3n) is 4.19. The Kier molecular flexibility index (Phi) is 7.50. The Morgan fingerprint density at radius 3 is 2.55 bits per heavy atom. The quantitative estimate of drug-likeness (QED) is 0.484. The number of rotatable bonds is 8. The Morgan fingerprint density at radius 2 is 1.93 bits per heavy atom. The average Bonchev–Trinajstić information content (AvgIpc) is 2.96. The van der Waals surface area contributed by atoms with E-state index in [1.54, 1.807) is 39.0 Å². The molecule has 0 unspecified atom stereocenters. The van der Waals surface area contributed by atoms with Crippen LogP contribution in [-0.4, -0.2) is 56.0 Å². The number of carbonyl (C=O) groups excluding carboxylic acids is 2. The molecule has 158 valence electrons. The van der Waals surface area contributed by atoms with Gasteiger partial charge in [0, 0.05) is 29.0 Å². The van der Waals surface area contributed by atoms with Gasteiger partial charge in [-0.2, -0.15) is 4.31 Å². The lowest BCUT2D eigenvalue weighted by Gasteiger charge is -2.18. The Balaban J connectivity index is 2.25. The van der Waals surface area contributed by atoms with Crippen molar-refractivity contribution in [2.75, 3.05) is 31.8 Å². The number of amides is 1. The van der Waals surface area contributed by atoms with E-state index < -0.39 is 28.4 Å². The van der Waals surface area contributed by atoms with Crippen molar-refractivity contribution in [2.45, 2.75) is 30.6 Å². The van der Waals surface area contributed by atoms with Crippen molar-refractivity contribution in [3.63, 3.8) is 0 Å². The van der Waals surface area contributed by atoms with Gasteiger partial charge in [-0.05, 0) is 45.2 Å². The molecule has 2 rings (SSSR count). The van der Waals surface area contributed by atoms with Crippen LogP contribution >= 0.6 is 11.8 Å². The second kappa shape index (κ2) is 9.47. The maximum atomic E-state index is 13.1. The van der Waals surface area contributed by atoms with E-state index in [1.807, 2.05) is 12.3 Å². The molecule has 10 heteroatoms. The van der Waals surface area contributed by atoms with Crippen molar-refractivity contribution in [1.82, 2.24) is 9.29 Å². The van der Waals surface area contributed by atoms with Gasteiger partial charge in [-0.15, -0.1) is 11.8 Å². The minimum atomic E-state index is -4.11. The van der Waals surface area contributed by atoms with Crippen LogP contribution in [0.3, 0.4) is 0 Å². The Morgan fingerprint density at radius 1 is 1.24 bits per heavy atom. The lowest BCUT2D eigenvalue weighted by molar-refractivity contribution is -0.116. The van der Waals surface area contributed by atoms with E-state index in [1.165, 1.54) is 18.8 Å². The third-order valence-corrected chi connectivity index (χ3v) is 6.89. The number of hydrogen-bond donors (Lipinski definition) is 2. The molecule has 0 spiro atoms. The van der Waals surface area contributed by atoms with E-state index in [0.29, 0.717) is 17.1 Å². The highest BCUT2D eigenvalue weighted by Crippen LogP contribution is 2.27. The van der Waals surface area contributed by atoms with Gasteiger partial charge in [-0.1, -0.05) is 6.07 Å². The van der Waals surface area contributed by atoms with Gasteiger partial charge in [0.25, 0.3) is 0 Å². The second-order valence-electron chi connectivity index (χ2n) is 6.34. The molecule has 1 aromatic carbocycles. The molecule has 29 heavy (non-hydrogen) atoms. The number of likely N-dealkylation sites (N-methyl/N-ethyl adjacent to an activating group) is 1. The summed E-state index contributed by atoms with van der Waals surface area (Å²) >= 11 is 1.53. The van der Waals surface area contributed by atoms with Gasteiger partial charge in [0.1, 0.15) is 10.5 Å². The Hall–Kier alpha value is -2.30. The highest BCUT2D eigenvalue weighted by atomic mass is 32.2. The van der Waals surface area contributed by atoms with Gasteiger partial charge < -0.3 is 15.0 Å². The number of aromatic nitrogens is 1. The lowest BCUT2D eigenvalue weighted by Crippen LogP contribution is -2.35. The molecule has 0 aliphatic heterocycles. The molecular weight excluding hydrogens is 414 g/mol. The molecule has 1 heterocycles. The molecule has 1 aromatic heterocycles. The molecule has 0 aliphatic rings. The maximum Gasteiger partial charge on any atom is 0.341 e. The van der Waals surface area contributed by atoms with Crippen LogP contribution < -0.4 is 5.32 Å². The van der Waals surface area contributed by atoms with Crippen molar-refractivity contribution in [3.05, 3.63) is 41.2 Å². The van der Waals surface area contributed by atoms with Crippen LogP contribution in [0.1, 0.15) is 28.7 Å². The van der Waals surface area contributed by atoms with Crippen LogP contribution in [0.15, 0.2) is 34.1 Å². The number of benzene rings is 1. The molecule has 0 fully saturated rings. The Bertz CT molecular complexity index is 1010. The van der Waals surface area contributed by atoms with Gasteiger partial charge in [-0.25, -0.2) is 13.2 Å². The number of esters is 1. The van der Waals surface area contributed by atoms with Gasteiger partial charge in [-0.3, -0.25) is 4.79 Å². The molecule has 8 nitrogen and oxygen atoms in total. The lowest BCUT2D eigenvalue weighted by atomic mass is 10.2. The van der Waals surface area contributed by atoms with Crippen molar-refractivity contribution in [3.8, 4) is 0 Å². The number of anilines is 1. The molecule has 2 aromatic rings. The number of nitrogens with one attached hydrogen (secondary N) is 2. The molecule has 2 N–H and O–H groups in total. The number of thioether (sulfide) groups is 1. The van der Waals surface area contributed by atoms with Crippen LogP contribution in [0, 0.1) is 13.8 Å². The van der Waals surface area contributed by atoms with E-state index in [4.69, 9.17) is 4.74 Å². The first-order chi connectivity index (χ1) is 13.6. The summed E-state index contributed by atoms with van der Waals surface area (Å²) in [7, 11) is -2.81. The number of ether oxygens (including phenoxy) is 1. The van der Waals surface area contributed by atoms with Crippen molar-refractivity contribution >= 4 is 39.3 Å². The number of H-pyrrole nitrogens is 1. The predicted octanol–water partition coefficient (Wildman–Crippen LogP) is 2.79. The zero-order valence-electron chi connectivity index (χ0n) is 17.0. The van der Waals surface area contributed by atoms with Gasteiger partial charge >= 0.3 is 5.97 Å². The second-order valence-corrected chi connectivity index (χ2v) is 9.20. The fourth-order valence-electron chi connectivity index (χ4n) is 2.87. The predicted molar refractivity (Wildman–Crippen MR) is 113 cm³/mol. The van der Waals surface area contributed by atoms with Crippen molar-refractivity contribution in [2.24, 2.45) is 0 Å². The summed E-state index contributed by atoms with van der Waals surface area (Å²) in [4.78, 5) is 28.3. The standard InChI is InChI=1S/C19H25N3O5S2/c1-6-27-19(24)17-12(2)20-13(3)18(17)29(25,26)22(4)11-16(23)21-14-8-7-9-15(10-14)28-5/h7-10,20H,6,11H2,1-5H3,(H,21,23). The van der Waals surface area contributed by atoms with E-state index in [2.05, 4.69) is 10.3 Å². The van der Waals surface area contributed by atoms with Crippen molar-refractivity contribution < 1.29 is 22.7 Å². The zero-order chi connectivity index (χ0) is 21.8. The van der Waals surface area contributed by atoms with Crippen LogP contribution in [0.4, 0.5) is 5.69 Å². The summed E-state index contributed by atoms with van der Waals surface area (Å²) in [6, 6.07) is 7.24. The number of aryl methyl sites for hydroxylation is 2. The number of sulfonamides is 1. The smallest absolute Gasteiger partial charge is 0.341 e.